The van der Waals surface area contributed by atoms with E-state index in [4.69, 9.17) is 9.15 Å². The number of hydrogen-bond acceptors (Lipinski definition) is 5. The fraction of sp³-hybridized carbons (Fsp3) is 0.182. The molecule has 0 atom stereocenters. The van der Waals surface area contributed by atoms with Crippen molar-refractivity contribution in [2.75, 3.05) is 18.2 Å². The molecule has 0 aliphatic carbocycles. The Morgan fingerprint density at radius 3 is 2.46 bits per heavy atom. The molecule has 0 fully saturated rings. The summed E-state index contributed by atoms with van der Waals surface area (Å²) in [6.45, 7) is -0.309. The van der Waals surface area contributed by atoms with E-state index in [0.717, 1.165) is 16.2 Å². The number of thioether (sulfide) groups is 1. The minimum Gasteiger partial charge on any atom is -0.461 e. The van der Waals surface area contributed by atoms with E-state index in [1.54, 1.807) is 11.8 Å². The Bertz CT molecular complexity index is 919. The van der Waals surface area contributed by atoms with Crippen LogP contribution in [0.4, 0.5) is 5.69 Å². The number of benzene rings is 2. The number of amides is 1. The molecule has 0 unspecified atom stereocenters. The van der Waals surface area contributed by atoms with Crippen LogP contribution >= 0.6 is 11.8 Å². The number of ether oxygens (including phenoxy) is 1. The maximum absolute atomic E-state index is 11.9. The molecule has 0 spiro atoms. The van der Waals surface area contributed by atoms with Crippen molar-refractivity contribution in [3.05, 3.63) is 72.5 Å². The highest BCUT2D eigenvalue weighted by molar-refractivity contribution is 7.98. The summed E-state index contributed by atoms with van der Waals surface area (Å²) in [4.78, 5) is 24.9. The average molecular weight is 395 g/mol. The molecular formula is C22H21NO4S. The second kappa shape index (κ2) is 9.80. The number of rotatable bonds is 8. The Balaban J connectivity index is 1.40. The van der Waals surface area contributed by atoms with Crippen molar-refractivity contribution >= 4 is 29.3 Å². The van der Waals surface area contributed by atoms with Crippen LogP contribution in [-0.4, -0.2) is 24.7 Å². The lowest BCUT2D eigenvalue weighted by Gasteiger charge is -2.07. The molecule has 0 aliphatic rings. The minimum absolute atomic E-state index is 0.150. The second-order valence-electron chi connectivity index (χ2n) is 6.07. The van der Waals surface area contributed by atoms with E-state index >= 15 is 0 Å². The van der Waals surface area contributed by atoms with Crippen LogP contribution in [0, 0.1) is 0 Å². The predicted molar refractivity (Wildman–Crippen MR) is 110 cm³/mol. The fourth-order valence-corrected chi connectivity index (χ4v) is 2.99. The molecular weight excluding hydrogens is 374 g/mol. The van der Waals surface area contributed by atoms with E-state index in [2.05, 4.69) is 5.32 Å². The molecule has 0 aliphatic heterocycles. The first kappa shape index (κ1) is 19.8. The first-order valence-corrected chi connectivity index (χ1v) is 10.1. The fourth-order valence-electron chi connectivity index (χ4n) is 2.58. The van der Waals surface area contributed by atoms with Gasteiger partial charge in [-0.2, -0.15) is 0 Å². The van der Waals surface area contributed by atoms with Gasteiger partial charge in [0.15, 0.2) is 6.61 Å². The van der Waals surface area contributed by atoms with Crippen molar-refractivity contribution in [2.45, 2.75) is 17.7 Å². The summed E-state index contributed by atoms with van der Waals surface area (Å²) in [7, 11) is 0. The average Bonchev–Trinajstić information content (AvgIpc) is 3.21. The van der Waals surface area contributed by atoms with Crippen molar-refractivity contribution in [1.82, 2.24) is 0 Å². The van der Waals surface area contributed by atoms with Crippen LogP contribution in [0.25, 0.3) is 11.3 Å². The molecule has 5 nitrogen and oxygen atoms in total. The summed E-state index contributed by atoms with van der Waals surface area (Å²) in [5, 5.41) is 2.70. The summed E-state index contributed by atoms with van der Waals surface area (Å²) < 4.78 is 10.8. The molecule has 0 saturated heterocycles. The SMILES string of the molecule is CSc1ccc(NC(=O)COC(=O)CCc2ccc(-c3ccccc3)o2)cc1. The van der Waals surface area contributed by atoms with Gasteiger partial charge >= 0.3 is 5.97 Å². The van der Waals surface area contributed by atoms with Gasteiger partial charge in [-0.05, 0) is 42.7 Å². The lowest BCUT2D eigenvalue weighted by Crippen LogP contribution is -2.21. The summed E-state index contributed by atoms with van der Waals surface area (Å²) in [6.07, 6.45) is 2.55. The summed E-state index contributed by atoms with van der Waals surface area (Å²) in [5.74, 6) is 0.658. The van der Waals surface area contributed by atoms with Gasteiger partial charge in [0.25, 0.3) is 5.91 Å². The number of carbonyl (C=O) groups is 2. The molecule has 1 N–H and O–H groups in total. The molecule has 3 aromatic rings. The van der Waals surface area contributed by atoms with Gasteiger partial charge in [0.1, 0.15) is 11.5 Å². The molecule has 144 valence electrons. The van der Waals surface area contributed by atoms with Crippen LogP contribution in [0.5, 0.6) is 0 Å². The van der Waals surface area contributed by atoms with E-state index in [9.17, 15) is 9.59 Å². The highest BCUT2D eigenvalue weighted by Crippen LogP contribution is 2.22. The van der Waals surface area contributed by atoms with Gasteiger partial charge in [0, 0.05) is 22.6 Å². The van der Waals surface area contributed by atoms with Crippen LogP contribution < -0.4 is 5.32 Å². The van der Waals surface area contributed by atoms with Crippen LogP contribution in [0.15, 0.2) is 76.0 Å². The van der Waals surface area contributed by atoms with Crippen LogP contribution in [0.3, 0.4) is 0 Å². The largest absolute Gasteiger partial charge is 0.461 e. The minimum atomic E-state index is -0.439. The van der Waals surface area contributed by atoms with Gasteiger partial charge in [-0.1, -0.05) is 30.3 Å². The lowest BCUT2D eigenvalue weighted by atomic mass is 10.2. The number of furan rings is 1. The van der Waals surface area contributed by atoms with E-state index in [1.807, 2.05) is 73.0 Å². The molecule has 3 rings (SSSR count). The Hall–Kier alpha value is -2.99. The zero-order valence-electron chi connectivity index (χ0n) is 15.5. The molecule has 0 saturated carbocycles. The molecule has 1 aromatic heterocycles. The zero-order valence-corrected chi connectivity index (χ0v) is 16.3. The third-order valence-electron chi connectivity index (χ3n) is 4.03. The van der Waals surface area contributed by atoms with Gasteiger partial charge in [0.05, 0.1) is 6.42 Å². The molecule has 0 radical (unpaired) electrons. The van der Waals surface area contributed by atoms with Gasteiger partial charge < -0.3 is 14.5 Å². The number of carbonyl (C=O) groups excluding carboxylic acids is 2. The van der Waals surface area contributed by atoms with E-state index in [1.165, 1.54) is 0 Å². The predicted octanol–water partition coefficient (Wildman–Crippen LogP) is 4.78. The number of esters is 1. The zero-order chi connectivity index (χ0) is 19.8. The third kappa shape index (κ3) is 5.76. The number of nitrogens with one attached hydrogen (secondary N) is 1. The monoisotopic (exact) mass is 395 g/mol. The molecule has 6 heteroatoms. The summed E-state index contributed by atoms with van der Waals surface area (Å²) in [6, 6.07) is 20.9. The number of aryl methyl sites for hydroxylation is 1. The Morgan fingerprint density at radius 2 is 1.75 bits per heavy atom. The molecule has 0 bridgehead atoms. The standard InChI is InChI=1S/C22H21NO4S/c1-28-19-11-7-17(8-12-19)23-21(24)15-26-22(25)14-10-18-9-13-20(27-18)16-5-3-2-4-6-16/h2-9,11-13H,10,14-15H2,1H3,(H,23,24). The van der Waals surface area contributed by atoms with Crippen LogP contribution in [-0.2, 0) is 20.7 Å². The van der Waals surface area contributed by atoms with Crippen LogP contribution in [0.2, 0.25) is 0 Å². The third-order valence-corrected chi connectivity index (χ3v) is 4.78. The normalized spacial score (nSPS) is 10.5. The maximum atomic E-state index is 11.9. The smallest absolute Gasteiger partial charge is 0.306 e. The maximum Gasteiger partial charge on any atom is 0.306 e. The van der Waals surface area contributed by atoms with Gasteiger partial charge in [0.2, 0.25) is 0 Å². The first-order valence-electron chi connectivity index (χ1n) is 8.88. The second-order valence-corrected chi connectivity index (χ2v) is 6.95. The topological polar surface area (TPSA) is 68.5 Å². The van der Waals surface area contributed by atoms with Crippen molar-refractivity contribution in [3.63, 3.8) is 0 Å². The van der Waals surface area contributed by atoms with E-state index < -0.39 is 5.97 Å². The highest BCUT2D eigenvalue weighted by Gasteiger charge is 2.11. The quantitative estimate of drug-likeness (QED) is 0.439. The first-order chi connectivity index (χ1) is 13.6. The van der Waals surface area contributed by atoms with E-state index in [-0.39, 0.29) is 18.9 Å². The summed E-state index contributed by atoms with van der Waals surface area (Å²) in [5.41, 5.74) is 1.65. The van der Waals surface area contributed by atoms with E-state index in [0.29, 0.717) is 17.9 Å². The Kier molecular flexibility index (Phi) is 6.92. The van der Waals surface area contributed by atoms with Gasteiger partial charge in [-0.25, -0.2) is 0 Å². The number of anilines is 1. The summed E-state index contributed by atoms with van der Waals surface area (Å²) >= 11 is 1.62. The van der Waals surface area contributed by atoms with Gasteiger partial charge in [-0.3, -0.25) is 9.59 Å². The lowest BCUT2D eigenvalue weighted by molar-refractivity contribution is -0.147. The molecule has 28 heavy (non-hydrogen) atoms. The molecule has 1 amide bonds. The van der Waals surface area contributed by atoms with Crippen molar-refractivity contribution in [2.24, 2.45) is 0 Å². The van der Waals surface area contributed by atoms with Gasteiger partial charge in [-0.15, -0.1) is 11.8 Å². The van der Waals surface area contributed by atoms with Crippen molar-refractivity contribution in [1.29, 1.82) is 0 Å². The van der Waals surface area contributed by atoms with Crippen LogP contribution in [0.1, 0.15) is 12.2 Å². The van der Waals surface area contributed by atoms with Crippen molar-refractivity contribution < 1.29 is 18.7 Å². The number of hydrogen-bond donors (Lipinski definition) is 1. The Labute approximate surface area is 168 Å². The molecule has 2 aromatic carbocycles. The Morgan fingerprint density at radius 1 is 1.00 bits per heavy atom. The van der Waals surface area contributed by atoms with Crippen molar-refractivity contribution in [3.8, 4) is 11.3 Å². The molecule has 1 heterocycles. The highest BCUT2D eigenvalue weighted by atomic mass is 32.2.